The van der Waals surface area contributed by atoms with Crippen molar-refractivity contribution in [2.75, 3.05) is 0 Å². The van der Waals surface area contributed by atoms with Gasteiger partial charge in [-0.3, -0.25) is 9.59 Å². The van der Waals surface area contributed by atoms with E-state index >= 15 is 0 Å². The SMILES string of the molecule is N#Cc1cc(C(=O)O)c(CCCC(=O)O)[nH]c1=O. The summed E-state index contributed by atoms with van der Waals surface area (Å²) < 4.78 is 0. The number of aromatic amines is 1. The predicted molar refractivity (Wildman–Crippen MR) is 59.3 cm³/mol. The van der Waals surface area contributed by atoms with Crippen molar-refractivity contribution in [3.8, 4) is 6.07 Å². The number of carboxylic acid groups (broad SMARTS) is 2. The summed E-state index contributed by atoms with van der Waals surface area (Å²) >= 11 is 0. The largest absolute Gasteiger partial charge is 0.481 e. The van der Waals surface area contributed by atoms with Crippen molar-refractivity contribution in [1.82, 2.24) is 4.98 Å². The summed E-state index contributed by atoms with van der Waals surface area (Å²) in [5, 5.41) is 26.0. The number of carboxylic acids is 2. The summed E-state index contributed by atoms with van der Waals surface area (Å²) in [6.45, 7) is 0. The summed E-state index contributed by atoms with van der Waals surface area (Å²) in [5.41, 5.74) is -1.01. The van der Waals surface area contributed by atoms with Gasteiger partial charge < -0.3 is 15.2 Å². The Morgan fingerprint density at radius 1 is 1.39 bits per heavy atom. The van der Waals surface area contributed by atoms with Gasteiger partial charge in [0.2, 0.25) is 0 Å². The van der Waals surface area contributed by atoms with Gasteiger partial charge in [-0.2, -0.15) is 5.26 Å². The van der Waals surface area contributed by atoms with Crippen LogP contribution in [0.5, 0.6) is 0 Å². The van der Waals surface area contributed by atoms with E-state index in [9.17, 15) is 14.4 Å². The van der Waals surface area contributed by atoms with Crippen LogP contribution in [0, 0.1) is 11.3 Å². The van der Waals surface area contributed by atoms with Gasteiger partial charge in [-0.05, 0) is 18.9 Å². The van der Waals surface area contributed by atoms with Crippen molar-refractivity contribution in [2.45, 2.75) is 19.3 Å². The van der Waals surface area contributed by atoms with Crippen molar-refractivity contribution in [3.63, 3.8) is 0 Å². The molecule has 3 N–H and O–H groups in total. The van der Waals surface area contributed by atoms with Crippen molar-refractivity contribution < 1.29 is 19.8 Å². The van der Waals surface area contributed by atoms with E-state index < -0.39 is 17.5 Å². The second kappa shape index (κ2) is 5.63. The van der Waals surface area contributed by atoms with Gasteiger partial charge in [-0.25, -0.2) is 4.79 Å². The molecular formula is C11H10N2O5. The number of rotatable bonds is 5. The van der Waals surface area contributed by atoms with Crippen molar-refractivity contribution >= 4 is 11.9 Å². The highest BCUT2D eigenvalue weighted by atomic mass is 16.4. The molecule has 0 aliphatic carbocycles. The predicted octanol–water partition coefficient (Wildman–Crippen LogP) is 0.352. The molecular weight excluding hydrogens is 240 g/mol. The molecule has 0 spiro atoms. The lowest BCUT2D eigenvalue weighted by Gasteiger charge is -2.05. The smallest absolute Gasteiger partial charge is 0.337 e. The Balaban J connectivity index is 3.07. The van der Waals surface area contributed by atoms with Gasteiger partial charge >= 0.3 is 11.9 Å². The second-order valence-electron chi connectivity index (χ2n) is 3.57. The Morgan fingerprint density at radius 3 is 2.56 bits per heavy atom. The molecule has 0 saturated heterocycles. The highest BCUT2D eigenvalue weighted by Crippen LogP contribution is 2.09. The molecule has 18 heavy (non-hydrogen) atoms. The highest BCUT2D eigenvalue weighted by molar-refractivity contribution is 5.89. The number of carbonyl (C=O) groups is 2. The van der Waals surface area contributed by atoms with Gasteiger partial charge in [0.1, 0.15) is 11.6 Å². The Kier molecular flexibility index (Phi) is 4.21. The lowest BCUT2D eigenvalue weighted by atomic mass is 10.1. The lowest BCUT2D eigenvalue weighted by molar-refractivity contribution is -0.137. The second-order valence-corrected chi connectivity index (χ2v) is 3.57. The molecule has 0 amide bonds. The van der Waals surface area contributed by atoms with Crippen LogP contribution >= 0.6 is 0 Å². The summed E-state index contributed by atoms with van der Waals surface area (Å²) in [6.07, 6.45) is 0.202. The van der Waals surface area contributed by atoms with Crippen LogP contribution in [-0.4, -0.2) is 27.1 Å². The number of hydrogen-bond acceptors (Lipinski definition) is 4. The van der Waals surface area contributed by atoms with Crippen LogP contribution in [0.3, 0.4) is 0 Å². The van der Waals surface area contributed by atoms with E-state index in [2.05, 4.69) is 4.98 Å². The maximum Gasteiger partial charge on any atom is 0.337 e. The number of pyridine rings is 1. The molecule has 0 atom stereocenters. The van der Waals surface area contributed by atoms with Gasteiger partial charge in [0.05, 0.1) is 5.56 Å². The topological polar surface area (TPSA) is 131 Å². The molecule has 1 heterocycles. The van der Waals surface area contributed by atoms with Crippen LogP contribution in [0.25, 0.3) is 0 Å². The molecule has 94 valence electrons. The Hall–Kier alpha value is -2.62. The zero-order valence-electron chi connectivity index (χ0n) is 9.27. The molecule has 1 aromatic heterocycles. The average molecular weight is 250 g/mol. The number of nitriles is 1. The number of nitrogens with one attached hydrogen (secondary N) is 1. The van der Waals surface area contributed by atoms with Gasteiger partial charge in [0, 0.05) is 12.1 Å². The minimum Gasteiger partial charge on any atom is -0.481 e. The molecule has 0 fully saturated rings. The minimum absolute atomic E-state index is 0.120. The summed E-state index contributed by atoms with van der Waals surface area (Å²) in [7, 11) is 0. The van der Waals surface area contributed by atoms with Crippen LogP contribution in [-0.2, 0) is 11.2 Å². The van der Waals surface area contributed by atoms with Gasteiger partial charge in [0.15, 0.2) is 0 Å². The molecule has 0 radical (unpaired) electrons. The fourth-order valence-corrected chi connectivity index (χ4v) is 1.46. The molecule has 7 heteroatoms. The summed E-state index contributed by atoms with van der Waals surface area (Å²) in [6, 6.07) is 2.59. The number of H-pyrrole nitrogens is 1. The van der Waals surface area contributed by atoms with E-state index in [1.807, 2.05) is 0 Å². The first-order chi connectivity index (χ1) is 8.45. The van der Waals surface area contributed by atoms with E-state index in [1.54, 1.807) is 6.07 Å². The van der Waals surface area contributed by atoms with E-state index in [-0.39, 0.29) is 36.1 Å². The quantitative estimate of drug-likeness (QED) is 0.691. The Bertz CT molecular complexity index is 582. The zero-order chi connectivity index (χ0) is 13.7. The number of aromatic carboxylic acids is 1. The maximum absolute atomic E-state index is 11.4. The first-order valence-electron chi connectivity index (χ1n) is 5.07. The van der Waals surface area contributed by atoms with Crippen molar-refractivity contribution in [1.29, 1.82) is 5.26 Å². The average Bonchev–Trinajstić information content (AvgIpc) is 2.28. The molecule has 0 aliphatic rings. The Labute approximate surface area is 101 Å². The number of aryl methyl sites for hydroxylation is 1. The molecule has 0 bridgehead atoms. The van der Waals surface area contributed by atoms with E-state index in [4.69, 9.17) is 15.5 Å². The van der Waals surface area contributed by atoms with Gasteiger partial charge in [-0.15, -0.1) is 0 Å². The standard InChI is InChI=1S/C11H10N2O5/c12-5-6-4-7(11(17)18)8(13-10(6)16)2-1-3-9(14)15/h4H,1-3H2,(H,13,16)(H,14,15)(H,17,18). The van der Waals surface area contributed by atoms with Crippen molar-refractivity contribution in [3.05, 3.63) is 33.2 Å². The number of aromatic nitrogens is 1. The molecule has 1 rings (SSSR count). The monoisotopic (exact) mass is 250 g/mol. The third kappa shape index (κ3) is 3.18. The third-order valence-corrected chi connectivity index (χ3v) is 2.29. The molecule has 1 aromatic rings. The van der Waals surface area contributed by atoms with Crippen LogP contribution in [0.4, 0.5) is 0 Å². The molecule has 0 aromatic carbocycles. The normalized spacial score (nSPS) is 9.72. The number of aliphatic carboxylic acids is 1. The molecule has 0 aliphatic heterocycles. The van der Waals surface area contributed by atoms with E-state index in [1.165, 1.54) is 0 Å². The highest BCUT2D eigenvalue weighted by Gasteiger charge is 2.14. The maximum atomic E-state index is 11.4. The minimum atomic E-state index is -1.27. The van der Waals surface area contributed by atoms with Crippen LogP contribution in [0.1, 0.15) is 34.5 Å². The van der Waals surface area contributed by atoms with Crippen LogP contribution in [0.2, 0.25) is 0 Å². The van der Waals surface area contributed by atoms with Crippen LogP contribution in [0.15, 0.2) is 10.9 Å². The summed E-state index contributed by atoms with van der Waals surface area (Å²) in [5.74, 6) is -2.27. The number of hydrogen-bond donors (Lipinski definition) is 3. The zero-order valence-corrected chi connectivity index (χ0v) is 9.27. The third-order valence-electron chi connectivity index (χ3n) is 2.29. The first kappa shape index (κ1) is 13.4. The molecule has 0 unspecified atom stereocenters. The molecule has 0 saturated carbocycles. The van der Waals surface area contributed by atoms with Crippen molar-refractivity contribution in [2.24, 2.45) is 0 Å². The van der Waals surface area contributed by atoms with E-state index in [0.717, 1.165) is 6.07 Å². The fraction of sp³-hybridized carbons (Fsp3) is 0.273. The Morgan fingerprint density at radius 2 is 2.06 bits per heavy atom. The first-order valence-corrected chi connectivity index (χ1v) is 5.07. The van der Waals surface area contributed by atoms with Gasteiger partial charge in [-0.1, -0.05) is 0 Å². The lowest BCUT2D eigenvalue weighted by Crippen LogP contribution is -2.17. The van der Waals surface area contributed by atoms with Gasteiger partial charge in [0.25, 0.3) is 5.56 Å². The fourth-order valence-electron chi connectivity index (χ4n) is 1.46. The van der Waals surface area contributed by atoms with Crippen LogP contribution < -0.4 is 5.56 Å². The van der Waals surface area contributed by atoms with E-state index in [0.29, 0.717) is 0 Å². The number of nitrogens with zero attached hydrogens (tertiary/aromatic N) is 1. The summed E-state index contributed by atoms with van der Waals surface area (Å²) in [4.78, 5) is 34.9. The molecule has 7 nitrogen and oxygen atoms in total.